The average Bonchev–Trinajstić information content (AvgIpc) is 2.42. The third-order valence-corrected chi connectivity index (χ3v) is 3.79. The number of aliphatic hydroxyl groups excluding tert-OH is 1. The van der Waals surface area contributed by atoms with Crippen LogP contribution in [0.1, 0.15) is 38.5 Å². The first-order chi connectivity index (χ1) is 9.82. The van der Waals surface area contributed by atoms with Gasteiger partial charge < -0.3 is 26.2 Å². The molecule has 21 heavy (non-hydrogen) atoms. The number of nitrogens with one attached hydrogen (secondary N) is 1. The van der Waals surface area contributed by atoms with E-state index in [1.54, 1.807) is 0 Å². The van der Waals surface area contributed by atoms with E-state index in [9.17, 15) is 19.5 Å². The van der Waals surface area contributed by atoms with Crippen molar-refractivity contribution in [1.82, 2.24) is 10.2 Å². The van der Waals surface area contributed by atoms with Gasteiger partial charge in [0.15, 0.2) is 0 Å². The Hall–Kier alpha value is -1.83. The molecule has 0 heterocycles. The lowest BCUT2D eigenvalue weighted by Gasteiger charge is -2.35. The molecule has 1 aliphatic carbocycles. The fourth-order valence-electron chi connectivity index (χ4n) is 2.49. The maximum absolute atomic E-state index is 12.1. The standard InChI is InChI=1S/C13H23N3O5/c1-16(9-4-2-3-5-10(9)17)13(21)15-8(12(19)20)6-7-11(14)18/h8-10,17H,2-7H2,1H3,(H2,14,18)(H,15,21)(H,19,20)/t8-,9?,10?/m1/s1. The highest BCUT2D eigenvalue weighted by Crippen LogP contribution is 2.22. The van der Waals surface area contributed by atoms with Gasteiger partial charge in [-0.1, -0.05) is 12.8 Å². The van der Waals surface area contributed by atoms with Crippen LogP contribution in [-0.2, 0) is 9.59 Å². The summed E-state index contributed by atoms with van der Waals surface area (Å²) in [6.45, 7) is 0. The Balaban J connectivity index is 2.59. The first-order valence-corrected chi connectivity index (χ1v) is 7.05. The van der Waals surface area contributed by atoms with Crippen LogP contribution in [0.25, 0.3) is 0 Å². The predicted molar refractivity (Wildman–Crippen MR) is 74.4 cm³/mol. The summed E-state index contributed by atoms with van der Waals surface area (Å²) in [4.78, 5) is 35.2. The Morgan fingerprint density at radius 3 is 2.48 bits per heavy atom. The average molecular weight is 301 g/mol. The van der Waals surface area contributed by atoms with Gasteiger partial charge in [-0.25, -0.2) is 9.59 Å². The second-order valence-corrected chi connectivity index (χ2v) is 5.38. The van der Waals surface area contributed by atoms with Crippen molar-refractivity contribution in [2.75, 3.05) is 7.05 Å². The summed E-state index contributed by atoms with van der Waals surface area (Å²) in [5, 5.41) is 21.3. The SMILES string of the molecule is CN(C(=O)N[C@H](CCC(N)=O)C(=O)O)C1CCCCC1O. The van der Waals surface area contributed by atoms with E-state index in [4.69, 9.17) is 10.8 Å². The van der Waals surface area contributed by atoms with Crippen molar-refractivity contribution < 1.29 is 24.6 Å². The minimum Gasteiger partial charge on any atom is -0.480 e. The van der Waals surface area contributed by atoms with Crippen LogP contribution in [0.3, 0.4) is 0 Å². The highest BCUT2D eigenvalue weighted by atomic mass is 16.4. The lowest BCUT2D eigenvalue weighted by Crippen LogP contribution is -2.53. The van der Waals surface area contributed by atoms with Gasteiger partial charge in [-0.15, -0.1) is 0 Å². The number of carboxylic acid groups (broad SMARTS) is 1. The maximum Gasteiger partial charge on any atom is 0.326 e. The molecule has 2 unspecified atom stereocenters. The molecule has 1 aliphatic rings. The Morgan fingerprint density at radius 1 is 1.33 bits per heavy atom. The number of carbonyl (C=O) groups excluding carboxylic acids is 2. The van der Waals surface area contributed by atoms with Gasteiger partial charge in [0.2, 0.25) is 5.91 Å². The van der Waals surface area contributed by atoms with Gasteiger partial charge in [0.05, 0.1) is 12.1 Å². The lowest BCUT2D eigenvalue weighted by atomic mass is 9.92. The van der Waals surface area contributed by atoms with Gasteiger partial charge in [-0.05, 0) is 19.3 Å². The molecule has 0 bridgehead atoms. The highest BCUT2D eigenvalue weighted by molar-refractivity contribution is 5.83. The zero-order valence-electron chi connectivity index (χ0n) is 12.1. The number of likely N-dealkylation sites (N-methyl/N-ethyl adjacent to an activating group) is 1. The van der Waals surface area contributed by atoms with E-state index in [2.05, 4.69) is 5.32 Å². The van der Waals surface area contributed by atoms with E-state index in [1.165, 1.54) is 11.9 Å². The van der Waals surface area contributed by atoms with Crippen LogP contribution in [0.5, 0.6) is 0 Å². The van der Waals surface area contributed by atoms with Crippen LogP contribution in [0.2, 0.25) is 0 Å². The summed E-state index contributed by atoms with van der Waals surface area (Å²) in [5.74, 6) is -1.84. The third kappa shape index (κ3) is 5.22. The minimum absolute atomic E-state index is 0.0581. The van der Waals surface area contributed by atoms with Crippen LogP contribution >= 0.6 is 0 Å². The maximum atomic E-state index is 12.1. The molecule has 1 saturated carbocycles. The van der Waals surface area contributed by atoms with Crippen LogP contribution in [0.15, 0.2) is 0 Å². The Kier molecular flexibility index (Phi) is 6.41. The van der Waals surface area contributed by atoms with Crippen LogP contribution in [-0.4, -0.2) is 58.3 Å². The number of aliphatic hydroxyl groups is 1. The summed E-state index contributed by atoms with van der Waals surface area (Å²) in [6.07, 6.45) is 2.39. The summed E-state index contributed by atoms with van der Waals surface area (Å²) >= 11 is 0. The van der Waals surface area contributed by atoms with Crippen molar-refractivity contribution in [3.63, 3.8) is 0 Å². The first kappa shape index (κ1) is 17.2. The van der Waals surface area contributed by atoms with E-state index >= 15 is 0 Å². The van der Waals surface area contributed by atoms with Crippen molar-refractivity contribution in [3.8, 4) is 0 Å². The van der Waals surface area contributed by atoms with Crippen LogP contribution in [0.4, 0.5) is 4.79 Å². The van der Waals surface area contributed by atoms with Gasteiger partial charge in [-0.2, -0.15) is 0 Å². The molecule has 0 saturated heterocycles. The fourth-order valence-corrected chi connectivity index (χ4v) is 2.49. The number of rotatable bonds is 6. The Morgan fingerprint density at radius 2 is 1.95 bits per heavy atom. The molecule has 3 amide bonds. The van der Waals surface area contributed by atoms with Gasteiger partial charge in [0.25, 0.3) is 0 Å². The fraction of sp³-hybridized carbons (Fsp3) is 0.769. The van der Waals surface area contributed by atoms with E-state index in [1.807, 2.05) is 0 Å². The largest absolute Gasteiger partial charge is 0.480 e. The molecule has 0 radical (unpaired) electrons. The molecule has 120 valence electrons. The third-order valence-electron chi connectivity index (χ3n) is 3.79. The summed E-state index contributed by atoms with van der Waals surface area (Å²) in [5.41, 5.74) is 4.98. The summed E-state index contributed by atoms with van der Waals surface area (Å²) in [6, 6.07) is -2.06. The van der Waals surface area contributed by atoms with Gasteiger partial charge in [0.1, 0.15) is 6.04 Å². The van der Waals surface area contributed by atoms with E-state index < -0.39 is 30.1 Å². The molecule has 8 nitrogen and oxygen atoms in total. The number of carboxylic acids is 1. The summed E-state index contributed by atoms with van der Waals surface area (Å²) < 4.78 is 0. The van der Waals surface area contributed by atoms with Crippen molar-refractivity contribution in [2.24, 2.45) is 5.73 Å². The first-order valence-electron chi connectivity index (χ1n) is 7.05. The monoisotopic (exact) mass is 301 g/mol. The molecule has 0 spiro atoms. The van der Waals surface area contributed by atoms with Crippen molar-refractivity contribution in [3.05, 3.63) is 0 Å². The highest BCUT2D eigenvalue weighted by Gasteiger charge is 2.31. The summed E-state index contributed by atoms with van der Waals surface area (Å²) in [7, 11) is 1.53. The number of nitrogens with two attached hydrogens (primary N) is 1. The van der Waals surface area contributed by atoms with E-state index in [0.29, 0.717) is 12.8 Å². The molecule has 0 aromatic heterocycles. The molecule has 5 N–H and O–H groups in total. The zero-order chi connectivity index (χ0) is 16.0. The number of nitrogens with zero attached hydrogens (tertiary/aromatic N) is 1. The minimum atomic E-state index is -1.22. The molecular weight excluding hydrogens is 278 g/mol. The number of primary amides is 1. The predicted octanol–water partition coefficient (Wildman–Crippen LogP) is -0.350. The normalized spacial score (nSPS) is 23.1. The quantitative estimate of drug-likeness (QED) is 0.532. The Labute approximate surface area is 123 Å². The number of aliphatic carboxylic acids is 1. The second kappa shape index (κ2) is 7.82. The lowest BCUT2D eigenvalue weighted by molar-refractivity contribution is -0.139. The number of hydrogen-bond donors (Lipinski definition) is 4. The van der Waals surface area contributed by atoms with Gasteiger partial charge in [-0.3, -0.25) is 4.79 Å². The molecule has 0 aromatic rings. The second-order valence-electron chi connectivity index (χ2n) is 5.38. The topological polar surface area (TPSA) is 133 Å². The van der Waals surface area contributed by atoms with Crippen LogP contribution < -0.4 is 11.1 Å². The molecule has 0 aliphatic heterocycles. The number of carbonyl (C=O) groups is 3. The number of amides is 3. The van der Waals surface area contributed by atoms with Gasteiger partial charge in [0, 0.05) is 13.5 Å². The smallest absolute Gasteiger partial charge is 0.326 e. The molecular formula is C13H23N3O5. The Bertz CT molecular complexity index is 401. The molecule has 0 aromatic carbocycles. The zero-order valence-corrected chi connectivity index (χ0v) is 12.1. The molecule has 3 atom stereocenters. The van der Waals surface area contributed by atoms with Gasteiger partial charge >= 0.3 is 12.0 Å². The van der Waals surface area contributed by atoms with Crippen LogP contribution in [0, 0.1) is 0 Å². The molecule has 8 heteroatoms. The van der Waals surface area contributed by atoms with Crippen molar-refractivity contribution in [2.45, 2.75) is 56.7 Å². The molecule has 1 fully saturated rings. The molecule has 1 rings (SSSR count). The number of hydrogen-bond acceptors (Lipinski definition) is 4. The number of urea groups is 1. The van der Waals surface area contributed by atoms with E-state index in [0.717, 1.165) is 12.8 Å². The van der Waals surface area contributed by atoms with Crippen molar-refractivity contribution in [1.29, 1.82) is 0 Å². The van der Waals surface area contributed by atoms with E-state index in [-0.39, 0.29) is 18.9 Å². The van der Waals surface area contributed by atoms with Crippen molar-refractivity contribution >= 4 is 17.9 Å².